The van der Waals surface area contributed by atoms with E-state index >= 15 is 0 Å². The Morgan fingerprint density at radius 2 is 1.86 bits per heavy atom. The Bertz CT molecular complexity index is 702. The van der Waals surface area contributed by atoms with Crippen molar-refractivity contribution in [1.29, 1.82) is 0 Å². The molecule has 1 aliphatic heterocycles. The molecule has 0 radical (unpaired) electrons. The minimum Gasteiger partial charge on any atom is -0.352 e. The maximum absolute atomic E-state index is 12.9. The van der Waals surface area contributed by atoms with E-state index in [0.717, 1.165) is 36.0 Å². The summed E-state index contributed by atoms with van der Waals surface area (Å²) >= 11 is 0. The molecule has 4 rings (SSSR count). The summed E-state index contributed by atoms with van der Waals surface area (Å²) in [6.45, 7) is 2.07. The molecule has 1 heterocycles. The van der Waals surface area contributed by atoms with Gasteiger partial charge in [-0.25, -0.2) is 0 Å². The van der Waals surface area contributed by atoms with Crippen LogP contribution < -0.4 is 0 Å². The Hall–Kier alpha value is -1.93. The van der Waals surface area contributed by atoms with Crippen LogP contribution in [0, 0.1) is 6.92 Å². The predicted molar refractivity (Wildman–Crippen MR) is 81.4 cm³/mol. The lowest BCUT2D eigenvalue weighted by Crippen LogP contribution is -2.24. The van der Waals surface area contributed by atoms with Crippen LogP contribution in [0.25, 0.3) is 0 Å². The second-order valence-corrected chi connectivity index (χ2v) is 6.14. The van der Waals surface area contributed by atoms with Crippen LogP contribution in [0.4, 0.5) is 0 Å². The third kappa shape index (κ3) is 1.94. The monoisotopic (exact) mass is 278 g/mol. The van der Waals surface area contributed by atoms with Gasteiger partial charge in [-0.15, -0.1) is 0 Å². The summed E-state index contributed by atoms with van der Waals surface area (Å²) in [6, 6.07) is 16.3. The van der Waals surface area contributed by atoms with E-state index < -0.39 is 5.60 Å². The summed E-state index contributed by atoms with van der Waals surface area (Å²) in [5.74, 6) is 0.168. The van der Waals surface area contributed by atoms with Crippen LogP contribution >= 0.6 is 0 Å². The van der Waals surface area contributed by atoms with Crippen molar-refractivity contribution in [3.63, 3.8) is 0 Å². The molecule has 106 valence electrons. The van der Waals surface area contributed by atoms with Crippen molar-refractivity contribution in [2.24, 2.45) is 0 Å². The van der Waals surface area contributed by atoms with Crippen LogP contribution in [0.5, 0.6) is 0 Å². The highest BCUT2D eigenvalue weighted by molar-refractivity contribution is 6.06. The fourth-order valence-electron chi connectivity index (χ4n) is 3.46. The Kier molecular flexibility index (Phi) is 2.76. The number of carbonyl (C=O) groups is 1. The lowest BCUT2D eigenvalue weighted by Gasteiger charge is -2.09. The summed E-state index contributed by atoms with van der Waals surface area (Å²) in [7, 11) is 0. The standard InChI is InChI=1S/C19H18O2/c1-13-8-10-15(11-9-13)18-19(21-18)12-4-6-14-5-2-3-7-16(14)17(19)20/h2-3,5,7-11,18H,4,6,12H2,1H3/t18-,19-/m1/s1. The fraction of sp³-hybridized carbons (Fsp3) is 0.316. The van der Waals surface area contributed by atoms with E-state index in [2.05, 4.69) is 37.3 Å². The average Bonchev–Trinajstić information content (AvgIpc) is 3.25. The van der Waals surface area contributed by atoms with E-state index in [4.69, 9.17) is 4.74 Å². The lowest BCUT2D eigenvalue weighted by molar-refractivity contribution is 0.0867. The molecule has 2 aromatic rings. The van der Waals surface area contributed by atoms with Gasteiger partial charge in [0.1, 0.15) is 6.10 Å². The molecule has 0 bridgehead atoms. The molecule has 2 aliphatic rings. The molecule has 2 heteroatoms. The van der Waals surface area contributed by atoms with E-state index in [9.17, 15) is 4.79 Å². The zero-order valence-electron chi connectivity index (χ0n) is 12.1. The Labute approximate surface area is 124 Å². The van der Waals surface area contributed by atoms with Crippen LogP contribution in [0.1, 0.15) is 46.0 Å². The summed E-state index contributed by atoms with van der Waals surface area (Å²) in [6.07, 6.45) is 2.72. The summed E-state index contributed by atoms with van der Waals surface area (Å²) in [4.78, 5) is 12.9. The molecule has 0 saturated carbocycles. The molecule has 0 amide bonds. The van der Waals surface area contributed by atoms with Gasteiger partial charge in [-0.3, -0.25) is 4.79 Å². The van der Waals surface area contributed by atoms with E-state index in [1.54, 1.807) is 0 Å². The molecule has 1 spiro atoms. The third-order valence-electron chi connectivity index (χ3n) is 4.72. The molecule has 2 aromatic carbocycles. The average molecular weight is 278 g/mol. The highest BCUT2D eigenvalue weighted by Crippen LogP contribution is 2.55. The van der Waals surface area contributed by atoms with Crippen LogP contribution in [0.15, 0.2) is 48.5 Å². The van der Waals surface area contributed by atoms with E-state index in [-0.39, 0.29) is 11.9 Å². The van der Waals surface area contributed by atoms with Gasteiger partial charge in [0.25, 0.3) is 0 Å². The van der Waals surface area contributed by atoms with Crippen LogP contribution in [-0.2, 0) is 11.2 Å². The van der Waals surface area contributed by atoms with Crippen molar-refractivity contribution in [2.45, 2.75) is 37.9 Å². The van der Waals surface area contributed by atoms with Crippen molar-refractivity contribution in [3.05, 3.63) is 70.8 Å². The Morgan fingerprint density at radius 3 is 2.67 bits per heavy atom. The number of fused-ring (bicyclic) bond motifs is 1. The first-order chi connectivity index (χ1) is 10.2. The number of epoxide rings is 1. The number of ketones is 1. The number of ether oxygens (including phenoxy) is 1. The van der Waals surface area contributed by atoms with E-state index in [1.165, 1.54) is 5.56 Å². The molecular formula is C19H18O2. The minimum atomic E-state index is -0.609. The molecule has 2 atom stereocenters. The SMILES string of the molecule is Cc1ccc([C@H]2O[C@@]23CCCc2ccccc2C3=O)cc1. The first kappa shape index (κ1) is 12.8. The number of rotatable bonds is 1. The number of carbonyl (C=O) groups excluding carboxylic acids is 1. The van der Waals surface area contributed by atoms with Gasteiger partial charge in [0.2, 0.25) is 0 Å². The van der Waals surface area contributed by atoms with Crippen LogP contribution in [-0.4, -0.2) is 11.4 Å². The quantitative estimate of drug-likeness (QED) is 0.737. The van der Waals surface area contributed by atoms with Gasteiger partial charge in [-0.05, 0) is 37.3 Å². The molecule has 2 nitrogen and oxygen atoms in total. The molecule has 1 saturated heterocycles. The first-order valence-electron chi connectivity index (χ1n) is 7.58. The van der Waals surface area contributed by atoms with Crippen LogP contribution in [0.3, 0.4) is 0 Å². The molecule has 0 N–H and O–H groups in total. The number of Topliss-reactive ketones (excluding diaryl/α,β-unsaturated/α-hetero) is 1. The molecule has 1 fully saturated rings. The van der Waals surface area contributed by atoms with Gasteiger partial charge in [0.05, 0.1) is 0 Å². The minimum absolute atomic E-state index is 0.0724. The maximum Gasteiger partial charge on any atom is 0.197 e. The third-order valence-corrected chi connectivity index (χ3v) is 4.72. The molecule has 21 heavy (non-hydrogen) atoms. The largest absolute Gasteiger partial charge is 0.352 e. The molecule has 0 aromatic heterocycles. The van der Waals surface area contributed by atoms with Crippen molar-refractivity contribution in [1.82, 2.24) is 0 Å². The number of aryl methyl sites for hydroxylation is 2. The fourth-order valence-corrected chi connectivity index (χ4v) is 3.46. The lowest BCUT2D eigenvalue weighted by atomic mass is 9.89. The van der Waals surface area contributed by atoms with Crippen molar-refractivity contribution < 1.29 is 9.53 Å². The van der Waals surface area contributed by atoms with Crippen molar-refractivity contribution >= 4 is 5.78 Å². The van der Waals surface area contributed by atoms with Crippen molar-refractivity contribution in [3.8, 4) is 0 Å². The molecular weight excluding hydrogens is 260 g/mol. The Morgan fingerprint density at radius 1 is 1.10 bits per heavy atom. The zero-order valence-corrected chi connectivity index (χ0v) is 12.1. The second kappa shape index (κ2) is 4.54. The van der Waals surface area contributed by atoms with Gasteiger partial charge in [-0.1, -0.05) is 54.1 Å². The predicted octanol–water partition coefficient (Wildman–Crippen LogP) is 4.02. The van der Waals surface area contributed by atoms with Crippen molar-refractivity contribution in [2.75, 3.05) is 0 Å². The molecule has 1 aliphatic carbocycles. The van der Waals surface area contributed by atoms with Gasteiger partial charge < -0.3 is 4.74 Å². The number of hydrogen-bond donors (Lipinski definition) is 0. The maximum atomic E-state index is 12.9. The highest BCUT2D eigenvalue weighted by Gasteiger charge is 2.62. The first-order valence-corrected chi connectivity index (χ1v) is 7.58. The van der Waals surface area contributed by atoms with E-state index in [0.29, 0.717) is 0 Å². The number of hydrogen-bond acceptors (Lipinski definition) is 2. The Balaban J connectivity index is 1.70. The summed E-state index contributed by atoms with van der Waals surface area (Å²) in [5, 5.41) is 0. The van der Waals surface area contributed by atoms with Gasteiger partial charge in [0.15, 0.2) is 11.4 Å². The summed E-state index contributed by atoms with van der Waals surface area (Å²) in [5.41, 5.74) is 3.75. The van der Waals surface area contributed by atoms with Gasteiger partial charge in [0, 0.05) is 5.56 Å². The van der Waals surface area contributed by atoms with Gasteiger partial charge >= 0.3 is 0 Å². The van der Waals surface area contributed by atoms with Crippen LogP contribution in [0.2, 0.25) is 0 Å². The van der Waals surface area contributed by atoms with Gasteiger partial charge in [-0.2, -0.15) is 0 Å². The number of benzene rings is 2. The normalized spacial score (nSPS) is 27.3. The molecule has 0 unspecified atom stereocenters. The smallest absolute Gasteiger partial charge is 0.197 e. The second-order valence-electron chi connectivity index (χ2n) is 6.14. The summed E-state index contributed by atoms with van der Waals surface area (Å²) < 4.78 is 5.97. The highest BCUT2D eigenvalue weighted by atomic mass is 16.6. The van der Waals surface area contributed by atoms with E-state index in [1.807, 2.05) is 18.2 Å². The zero-order chi connectivity index (χ0) is 14.4. The topological polar surface area (TPSA) is 29.6 Å².